The number of aryl methyl sites for hydroxylation is 1. The second-order valence-electron chi connectivity index (χ2n) is 9.83. The van der Waals surface area contributed by atoms with Crippen molar-refractivity contribution in [1.29, 1.82) is 5.26 Å². The van der Waals surface area contributed by atoms with E-state index in [1.165, 1.54) is 65.2 Å². The van der Waals surface area contributed by atoms with Crippen LogP contribution in [0.2, 0.25) is 0 Å². The van der Waals surface area contributed by atoms with Crippen LogP contribution in [0.1, 0.15) is 11.1 Å². The van der Waals surface area contributed by atoms with E-state index in [0.29, 0.717) is 5.56 Å². The number of aromatic nitrogens is 1. The molecule has 166 valence electrons. The van der Waals surface area contributed by atoms with E-state index in [4.69, 9.17) is 0 Å². The summed E-state index contributed by atoms with van der Waals surface area (Å²) in [7, 11) is 0. The third-order valence-corrected chi connectivity index (χ3v) is 7.80. The van der Waals surface area contributed by atoms with Crippen molar-refractivity contribution < 1.29 is 0 Å². The topological polar surface area (TPSA) is 28.2 Å². The van der Waals surface area contributed by atoms with Gasteiger partial charge in [0.2, 0.25) is 0 Å². The highest BCUT2D eigenvalue weighted by atomic mass is 14.9. The fourth-order valence-corrected chi connectivity index (χ4v) is 6.07. The van der Waals surface area contributed by atoms with E-state index in [9.17, 15) is 5.26 Å². The predicted molar refractivity (Wildman–Crippen MR) is 151 cm³/mol. The number of hydrogen-bond donors (Lipinski definition) is 0. The van der Waals surface area contributed by atoms with Gasteiger partial charge < -0.3 is 4.40 Å². The van der Waals surface area contributed by atoms with Gasteiger partial charge in [-0.05, 0) is 93.7 Å². The van der Waals surface area contributed by atoms with E-state index in [1.54, 1.807) is 0 Å². The van der Waals surface area contributed by atoms with Gasteiger partial charge in [0.25, 0.3) is 0 Å². The van der Waals surface area contributed by atoms with Crippen molar-refractivity contribution >= 4 is 59.6 Å². The average molecular weight is 457 g/mol. The number of hydrogen-bond acceptors (Lipinski definition) is 1. The summed E-state index contributed by atoms with van der Waals surface area (Å²) in [5, 5.41) is 19.6. The van der Waals surface area contributed by atoms with Gasteiger partial charge in [-0.2, -0.15) is 5.26 Å². The summed E-state index contributed by atoms with van der Waals surface area (Å²) in [6, 6.07) is 39.5. The molecule has 0 aliphatic carbocycles. The number of nitriles is 1. The highest BCUT2D eigenvalue weighted by Crippen LogP contribution is 2.44. The normalized spacial score (nSPS) is 12.0. The molecule has 0 aliphatic heterocycles. The first kappa shape index (κ1) is 19.4. The highest BCUT2D eigenvalue weighted by molar-refractivity contribution is 6.27. The molecule has 36 heavy (non-hydrogen) atoms. The van der Waals surface area contributed by atoms with E-state index in [1.807, 2.05) is 12.1 Å². The molecule has 0 bridgehead atoms. The summed E-state index contributed by atoms with van der Waals surface area (Å²) in [5.74, 6) is 0. The zero-order chi connectivity index (χ0) is 24.0. The van der Waals surface area contributed by atoms with Gasteiger partial charge in [-0.3, -0.25) is 0 Å². The molecule has 6 aromatic carbocycles. The van der Waals surface area contributed by atoms with Crippen molar-refractivity contribution in [2.75, 3.05) is 0 Å². The second kappa shape index (κ2) is 6.84. The van der Waals surface area contributed by atoms with Crippen molar-refractivity contribution in [3.05, 3.63) is 114 Å². The Kier molecular flexibility index (Phi) is 3.69. The third kappa shape index (κ3) is 2.49. The van der Waals surface area contributed by atoms with Crippen LogP contribution < -0.4 is 0 Å². The summed E-state index contributed by atoms with van der Waals surface area (Å²) < 4.78 is 2.45. The van der Waals surface area contributed by atoms with Crippen LogP contribution in [0, 0.1) is 18.3 Å². The molecule has 2 heteroatoms. The van der Waals surface area contributed by atoms with Gasteiger partial charge in [-0.15, -0.1) is 0 Å². The first-order chi connectivity index (χ1) is 17.7. The fourth-order valence-electron chi connectivity index (χ4n) is 6.07. The van der Waals surface area contributed by atoms with Gasteiger partial charge in [0, 0.05) is 21.5 Å². The van der Waals surface area contributed by atoms with Crippen LogP contribution in [0.4, 0.5) is 0 Å². The predicted octanol–water partition coefficient (Wildman–Crippen LogP) is 8.99. The lowest BCUT2D eigenvalue weighted by Gasteiger charge is -2.08. The second-order valence-corrected chi connectivity index (χ2v) is 9.83. The lowest BCUT2D eigenvalue weighted by atomic mass is 9.94. The average Bonchev–Trinajstić information content (AvgIpc) is 3.41. The maximum absolute atomic E-state index is 9.57. The molecule has 0 spiro atoms. The van der Waals surface area contributed by atoms with Crippen LogP contribution in [0.25, 0.3) is 70.8 Å². The van der Waals surface area contributed by atoms with Crippen molar-refractivity contribution in [2.24, 2.45) is 0 Å². The number of fused-ring (bicyclic) bond motifs is 8. The largest absolute Gasteiger partial charge is 0.308 e. The van der Waals surface area contributed by atoms with Crippen molar-refractivity contribution in [1.82, 2.24) is 4.40 Å². The Morgan fingerprint density at radius 2 is 1.11 bits per heavy atom. The number of benzene rings is 6. The quantitative estimate of drug-likeness (QED) is 0.242. The Morgan fingerprint density at radius 1 is 0.583 bits per heavy atom. The molecule has 0 saturated heterocycles. The molecular formula is C34H20N2. The molecule has 8 rings (SSSR count). The SMILES string of the molecule is Cc1ccc(C#N)cc1-c1cc2c3cc4ccccc4cc3n3c4cc5ccccc5cc4c(c1)c23. The molecule has 8 aromatic rings. The molecule has 0 saturated carbocycles. The summed E-state index contributed by atoms with van der Waals surface area (Å²) in [6.07, 6.45) is 0. The Bertz CT molecular complexity index is 2100. The van der Waals surface area contributed by atoms with Crippen molar-refractivity contribution in [3.63, 3.8) is 0 Å². The summed E-state index contributed by atoms with van der Waals surface area (Å²) in [4.78, 5) is 0. The van der Waals surface area contributed by atoms with E-state index in [0.717, 1.165) is 11.1 Å². The molecule has 0 N–H and O–H groups in total. The first-order valence-electron chi connectivity index (χ1n) is 12.3. The van der Waals surface area contributed by atoms with E-state index in [-0.39, 0.29) is 0 Å². The van der Waals surface area contributed by atoms with Gasteiger partial charge in [0.15, 0.2) is 0 Å². The van der Waals surface area contributed by atoms with Gasteiger partial charge in [-0.25, -0.2) is 0 Å². The molecule has 2 heterocycles. The van der Waals surface area contributed by atoms with Gasteiger partial charge in [0.1, 0.15) is 0 Å². The van der Waals surface area contributed by atoms with Gasteiger partial charge in [0.05, 0.1) is 28.2 Å². The summed E-state index contributed by atoms with van der Waals surface area (Å²) in [5.41, 5.74) is 7.86. The van der Waals surface area contributed by atoms with Crippen molar-refractivity contribution in [2.45, 2.75) is 6.92 Å². The third-order valence-electron chi connectivity index (χ3n) is 7.80. The van der Waals surface area contributed by atoms with E-state index in [2.05, 4.69) is 108 Å². The van der Waals surface area contributed by atoms with Crippen LogP contribution in [-0.4, -0.2) is 4.40 Å². The summed E-state index contributed by atoms with van der Waals surface area (Å²) >= 11 is 0. The zero-order valence-corrected chi connectivity index (χ0v) is 19.7. The zero-order valence-electron chi connectivity index (χ0n) is 19.7. The lowest BCUT2D eigenvalue weighted by Crippen LogP contribution is -1.86. The van der Waals surface area contributed by atoms with Gasteiger partial charge >= 0.3 is 0 Å². The maximum Gasteiger partial charge on any atom is 0.0991 e. The fraction of sp³-hybridized carbons (Fsp3) is 0.0294. The molecule has 0 fully saturated rings. The Hall–Kier alpha value is -4.87. The van der Waals surface area contributed by atoms with Gasteiger partial charge in [-0.1, -0.05) is 54.6 Å². The highest BCUT2D eigenvalue weighted by Gasteiger charge is 2.20. The van der Waals surface area contributed by atoms with Crippen molar-refractivity contribution in [3.8, 4) is 17.2 Å². The smallest absolute Gasteiger partial charge is 0.0991 e. The van der Waals surface area contributed by atoms with Crippen LogP contribution in [-0.2, 0) is 0 Å². The Morgan fingerprint density at radius 3 is 1.64 bits per heavy atom. The number of rotatable bonds is 1. The van der Waals surface area contributed by atoms with Crippen LogP contribution in [0.3, 0.4) is 0 Å². The minimum Gasteiger partial charge on any atom is -0.308 e. The standard InChI is InChI=1S/C34H20N2/c1-20-10-11-21(19-35)12-27(20)26-15-30-28-13-22-6-2-4-8-24(22)17-32(28)36-33-18-25-9-5-3-7-23(25)14-29(33)31(16-26)34(30)36/h2-18H,1H3. The maximum atomic E-state index is 9.57. The monoisotopic (exact) mass is 456 g/mol. The molecule has 0 radical (unpaired) electrons. The molecule has 0 unspecified atom stereocenters. The van der Waals surface area contributed by atoms with Crippen LogP contribution in [0.5, 0.6) is 0 Å². The molecular weight excluding hydrogens is 436 g/mol. The summed E-state index contributed by atoms with van der Waals surface area (Å²) in [6.45, 7) is 2.12. The minimum absolute atomic E-state index is 0.687. The molecule has 0 atom stereocenters. The Balaban J connectivity index is 1.63. The first-order valence-corrected chi connectivity index (χ1v) is 12.3. The molecule has 0 amide bonds. The number of nitrogens with zero attached hydrogens (tertiary/aromatic N) is 2. The molecule has 2 aromatic heterocycles. The Labute approximate surface area is 207 Å². The molecule has 0 aliphatic rings. The van der Waals surface area contributed by atoms with E-state index < -0.39 is 0 Å². The van der Waals surface area contributed by atoms with Crippen LogP contribution in [0.15, 0.2) is 103 Å². The van der Waals surface area contributed by atoms with Crippen LogP contribution >= 0.6 is 0 Å². The minimum atomic E-state index is 0.687. The van der Waals surface area contributed by atoms with E-state index >= 15 is 0 Å². The lowest BCUT2D eigenvalue weighted by molar-refractivity contribution is 1.38. The molecule has 2 nitrogen and oxygen atoms in total.